The van der Waals surface area contributed by atoms with E-state index in [0.717, 1.165) is 68.6 Å². The molecule has 7 rings (SSSR count). The van der Waals surface area contributed by atoms with Crippen LogP contribution >= 0.6 is 0 Å². The molecule has 5 nitrogen and oxygen atoms in total. The van der Waals surface area contributed by atoms with Crippen molar-refractivity contribution in [1.82, 2.24) is 10.2 Å². The van der Waals surface area contributed by atoms with Crippen LogP contribution in [0.3, 0.4) is 0 Å². The Morgan fingerprint density at radius 3 is 2.48 bits per heavy atom. The van der Waals surface area contributed by atoms with Crippen LogP contribution in [-0.2, 0) is 4.79 Å². The Kier molecular flexibility index (Phi) is 9.83. The van der Waals surface area contributed by atoms with E-state index in [2.05, 4.69) is 50.6 Å². The van der Waals surface area contributed by atoms with Gasteiger partial charge >= 0.3 is 5.97 Å². The standard InChI is InChI=1S/C39H55FN2O3.C3H6/c1-36(2)28(25-10-11-27(35(44)45)31(40)24-25)14-18-38(4)32(36)16-19-37(3)29-15-20-39(41-21-7-23-42-22-6-9-34(42)43)17-5-8-30(39)26(29)12-13-33(37)38;1-3-2/h10-11,14,24,26,29-30,32-33,41H,5-9,12-13,15-23H2,1-4H3,(H,44,45);3H,1H2,2H3. The van der Waals surface area contributed by atoms with E-state index in [1.807, 2.05) is 13.0 Å². The van der Waals surface area contributed by atoms with Gasteiger partial charge in [-0.2, -0.15) is 0 Å². The van der Waals surface area contributed by atoms with Crippen LogP contribution in [0, 0.1) is 51.7 Å². The van der Waals surface area contributed by atoms with Crippen molar-refractivity contribution in [1.29, 1.82) is 0 Å². The molecule has 0 bridgehead atoms. The van der Waals surface area contributed by atoms with Crippen LogP contribution in [-0.4, -0.2) is 47.1 Å². The number of allylic oxidation sites excluding steroid dienone is 3. The minimum Gasteiger partial charge on any atom is -0.478 e. The van der Waals surface area contributed by atoms with E-state index in [1.54, 1.807) is 6.08 Å². The van der Waals surface area contributed by atoms with Gasteiger partial charge in [-0.1, -0.05) is 52.3 Å². The first-order valence-electron chi connectivity index (χ1n) is 19.2. The number of nitrogens with one attached hydrogen (secondary N) is 1. The zero-order chi connectivity index (χ0) is 34.5. The van der Waals surface area contributed by atoms with Gasteiger partial charge in [-0.05, 0) is 153 Å². The van der Waals surface area contributed by atoms with E-state index >= 15 is 0 Å². The molecule has 1 aromatic carbocycles. The van der Waals surface area contributed by atoms with Crippen molar-refractivity contribution in [3.05, 3.63) is 53.9 Å². The van der Waals surface area contributed by atoms with Gasteiger partial charge in [0, 0.05) is 25.0 Å². The lowest BCUT2D eigenvalue weighted by Crippen LogP contribution is -2.63. The molecular formula is C42H61FN2O3. The van der Waals surface area contributed by atoms with E-state index in [0.29, 0.717) is 28.7 Å². The molecule has 5 fully saturated rings. The zero-order valence-electron chi connectivity index (χ0n) is 30.4. The second-order valence-electron chi connectivity index (χ2n) is 17.4. The van der Waals surface area contributed by atoms with Crippen LogP contribution in [0.2, 0.25) is 0 Å². The lowest BCUT2D eigenvalue weighted by molar-refractivity contribution is -0.172. The third kappa shape index (κ3) is 5.80. The fraction of sp³-hybridized carbons (Fsp3) is 0.714. The molecule has 1 amide bonds. The maximum absolute atomic E-state index is 14.8. The highest BCUT2D eigenvalue weighted by Crippen LogP contribution is 2.72. The van der Waals surface area contributed by atoms with Crippen molar-refractivity contribution in [3.63, 3.8) is 0 Å². The maximum Gasteiger partial charge on any atom is 0.338 e. The SMILES string of the molecule is C=CC.CC1(C)C(c2ccc(C(=O)O)c(F)c2)=CCC2(C)C1CCC1(C)C3CCC4(NCCCN5CCCC5=O)CCCC4C3CCC12. The Labute approximate surface area is 289 Å². The number of amides is 1. The second-order valence-corrected chi connectivity index (χ2v) is 17.4. The van der Waals surface area contributed by atoms with Gasteiger partial charge in [0.05, 0.1) is 5.56 Å². The van der Waals surface area contributed by atoms with Gasteiger partial charge in [0.15, 0.2) is 0 Å². The first-order valence-corrected chi connectivity index (χ1v) is 19.2. The highest BCUT2D eigenvalue weighted by atomic mass is 19.1. The molecule has 1 saturated heterocycles. The molecule has 0 radical (unpaired) electrons. The largest absolute Gasteiger partial charge is 0.478 e. The number of halogens is 1. The number of aromatic carboxylic acids is 1. The molecule has 1 heterocycles. The van der Waals surface area contributed by atoms with Gasteiger partial charge in [-0.25, -0.2) is 9.18 Å². The third-order valence-corrected chi connectivity index (χ3v) is 14.9. The van der Waals surface area contributed by atoms with Crippen molar-refractivity contribution < 1.29 is 19.1 Å². The molecule has 264 valence electrons. The predicted molar refractivity (Wildman–Crippen MR) is 192 cm³/mol. The number of nitrogens with zero attached hydrogens (tertiary/aromatic N) is 1. The molecule has 8 atom stereocenters. The summed E-state index contributed by atoms with van der Waals surface area (Å²) in [5, 5.41) is 13.5. The lowest BCUT2D eigenvalue weighted by atomic mass is 9.37. The van der Waals surface area contributed by atoms with Crippen LogP contribution in [0.4, 0.5) is 4.39 Å². The summed E-state index contributed by atoms with van der Waals surface area (Å²) in [7, 11) is 0. The van der Waals surface area contributed by atoms with Crippen molar-refractivity contribution in [2.24, 2.45) is 45.8 Å². The number of carbonyl (C=O) groups excluding carboxylic acids is 1. The molecule has 1 aliphatic heterocycles. The van der Waals surface area contributed by atoms with Crippen LogP contribution in [0.25, 0.3) is 5.57 Å². The number of fused-ring (bicyclic) bond motifs is 7. The fourth-order valence-corrected chi connectivity index (χ4v) is 13.0. The number of carbonyl (C=O) groups is 2. The summed E-state index contributed by atoms with van der Waals surface area (Å²) in [5.41, 5.74) is 2.53. The van der Waals surface area contributed by atoms with Gasteiger partial charge in [-0.15, -0.1) is 6.58 Å². The summed E-state index contributed by atoms with van der Waals surface area (Å²) >= 11 is 0. The van der Waals surface area contributed by atoms with Crippen molar-refractivity contribution >= 4 is 17.4 Å². The molecule has 2 N–H and O–H groups in total. The molecular weight excluding hydrogens is 599 g/mol. The first kappa shape index (κ1) is 35.4. The lowest BCUT2D eigenvalue weighted by Gasteiger charge is -2.68. The highest BCUT2D eigenvalue weighted by molar-refractivity contribution is 5.88. The Morgan fingerprint density at radius 2 is 1.79 bits per heavy atom. The summed E-state index contributed by atoms with van der Waals surface area (Å²) in [6, 6.07) is 4.71. The quantitative estimate of drug-likeness (QED) is 0.226. The van der Waals surface area contributed by atoms with E-state index < -0.39 is 11.8 Å². The topological polar surface area (TPSA) is 69.6 Å². The van der Waals surface area contributed by atoms with Gasteiger partial charge in [0.2, 0.25) is 5.91 Å². The van der Waals surface area contributed by atoms with Gasteiger partial charge in [-0.3, -0.25) is 4.79 Å². The molecule has 6 heteroatoms. The molecule has 4 saturated carbocycles. The zero-order valence-corrected chi connectivity index (χ0v) is 30.4. The summed E-state index contributed by atoms with van der Waals surface area (Å²) in [6.45, 7) is 18.1. The number of rotatable bonds is 7. The fourth-order valence-electron chi connectivity index (χ4n) is 13.0. The molecule has 8 unspecified atom stereocenters. The molecule has 48 heavy (non-hydrogen) atoms. The molecule has 5 aliphatic carbocycles. The maximum atomic E-state index is 14.8. The monoisotopic (exact) mass is 660 g/mol. The summed E-state index contributed by atoms with van der Waals surface area (Å²) in [6.07, 6.45) is 19.8. The van der Waals surface area contributed by atoms with E-state index in [4.69, 9.17) is 0 Å². The third-order valence-electron chi connectivity index (χ3n) is 14.9. The summed E-state index contributed by atoms with van der Waals surface area (Å²) in [4.78, 5) is 25.6. The van der Waals surface area contributed by atoms with Crippen LogP contribution in [0.1, 0.15) is 134 Å². The Hall–Kier alpha value is -2.47. The predicted octanol–water partition coefficient (Wildman–Crippen LogP) is 9.53. The number of hydrogen-bond acceptors (Lipinski definition) is 3. The molecule has 6 aliphatic rings. The summed E-state index contributed by atoms with van der Waals surface area (Å²) in [5.74, 6) is 2.08. The number of hydrogen-bond donors (Lipinski definition) is 2. The summed E-state index contributed by atoms with van der Waals surface area (Å²) < 4.78 is 14.8. The Bertz CT molecular complexity index is 1440. The number of carboxylic acid groups (broad SMARTS) is 1. The molecule has 1 aromatic rings. The highest BCUT2D eigenvalue weighted by Gasteiger charge is 2.65. The number of carboxylic acids is 1. The number of likely N-dealkylation sites (tertiary alicyclic amines) is 1. The van der Waals surface area contributed by atoms with Crippen molar-refractivity contribution in [2.75, 3.05) is 19.6 Å². The normalized spacial score (nSPS) is 38.0. The minimum absolute atomic E-state index is 0.112. The second kappa shape index (κ2) is 13.3. The van der Waals surface area contributed by atoms with E-state index in [1.165, 1.54) is 75.5 Å². The molecule has 0 spiro atoms. The van der Waals surface area contributed by atoms with Gasteiger partial charge < -0.3 is 15.3 Å². The minimum atomic E-state index is -1.21. The van der Waals surface area contributed by atoms with Gasteiger partial charge in [0.1, 0.15) is 5.82 Å². The van der Waals surface area contributed by atoms with E-state index in [9.17, 15) is 19.1 Å². The molecule has 0 aromatic heterocycles. The Balaban J connectivity index is 0.00000129. The smallest absolute Gasteiger partial charge is 0.338 e. The average Bonchev–Trinajstić information content (AvgIpc) is 3.65. The Morgan fingerprint density at radius 1 is 1.02 bits per heavy atom. The van der Waals surface area contributed by atoms with Gasteiger partial charge in [0.25, 0.3) is 0 Å². The first-order chi connectivity index (χ1) is 22.8. The van der Waals surface area contributed by atoms with E-state index in [-0.39, 0.29) is 16.4 Å². The average molecular weight is 661 g/mol. The van der Waals surface area contributed by atoms with Crippen molar-refractivity contribution in [3.8, 4) is 0 Å². The van der Waals surface area contributed by atoms with Crippen LogP contribution in [0.5, 0.6) is 0 Å². The van der Waals surface area contributed by atoms with Crippen molar-refractivity contribution in [2.45, 2.75) is 124 Å². The van der Waals surface area contributed by atoms with Crippen LogP contribution in [0.15, 0.2) is 36.9 Å². The number of benzene rings is 1. The van der Waals surface area contributed by atoms with Crippen LogP contribution < -0.4 is 5.32 Å².